The first-order valence-corrected chi connectivity index (χ1v) is 7.30. The van der Waals surface area contributed by atoms with E-state index in [2.05, 4.69) is 20.6 Å². The zero-order chi connectivity index (χ0) is 15.7. The molecule has 2 aromatic heterocycles. The number of anilines is 1. The van der Waals surface area contributed by atoms with Gasteiger partial charge >= 0.3 is 0 Å². The zero-order valence-corrected chi connectivity index (χ0v) is 13.3. The van der Waals surface area contributed by atoms with Crippen molar-refractivity contribution in [2.24, 2.45) is 0 Å². The maximum atomic E-state index is 6.23. The van der Waals surface area contributed by atoms with Crippen LogP contribution in [0.3, 0.4) is 0 Å². The first kappa shape index (κ1) is 14.6. The number of nitrogens with zero attached hydrogens (tertiary/aromatic N) is 4. The van der Waals surface area contributed by atoms with Crippen LogP contribution in [0.1, 0.15) is 30.4 Å². The molecule has 2 heterocycles. The summed E-state index contributed by atoms with van der Waals surface area (Å²) in [5, 5.41) is 16.3. The van der Waals surface area contributed by atoms with Crippen LogP contribution in [0, 0.1) is 13.8 Å². The van der Waals surface area contributed by atoms with Crippen LogP contribution in [0.25, 0.3) is 5.69 Å². The summed E-state index contributed by atoms with van der Waals surface area (Å²) in [4.78, 5) is 0. The van der Waals surface area contributed by atoms with Gasteiger partial charge in [0.1, 0.15) is 11.9 Å². The lowest BCUT2D eigenvalue weighted by atomic mass is 10.3. The molecule has 0 fully saturated rings. The molecule has 0 bridgehead atoms. The molecule has 1 aromatic carbocycles. The monoisotopic (exact) mass is 317 g/mol. The van der Waals surface area contributed by atoms with Gasteiger partial charge in [-0.2, -0.15) is 5.10 Å². The molecule has 6 nitrogen and oxygen atoms in total. The molecule has 3 rings (SSSR count). The van der Waals surface area contributed by atoms with E-state index in [1.807, 2.05) is 44.2 Å². The van der Waals surface area contributed by atoms with Crippen LogP contribution in [-0.4, -0.2) is 20.0 Å². The molecule has 0 aliphatic rings. The molecule has 0 amide bonds. The molecule has 3 aromatic rings. The van der Waals surface area contributed by atoms with Crippen molar-refractivity contribution >= 4 is 17.4 Å². The van der Waals surface area contributed by atoms with Gasteiger partial charge in [0.25, 0.3) is 0 Å². The fourth-order valence-electron chi connectivity index (χ4n) is 2.18. The molecule has 7 heteroatoms. The van der Waals surface area contributed by atoms with E-state index in [1.165, 1.54) is 0 Å². The van der Waals surface area contributed by atoms with Gasteiger partial charge in [0.2, 0.25) is 11.8 Å². The van der Waals surface area contributed by atoms with Crippen molar-refractivity contribution in [2.45, 2.75) is 26.8 Å². The lowest BCUT2D eigenvalue weighted by Gasteiger charge is -2.08. The summed E-state index contributed by atoms with van der Waals surface area (Å²) in [5.74, 6) is 1.80. The van der Waals surface area contributed by atoms with Crippen molar-refractivity contribution in [1.29, 1.82) is 0 Å². The molecule has 0 spiro atoms. The molecule has 114 valence electrons. The van der Waals surface area contributed by atoms with Crippen LogP contribution in [-0.2, 0) is 0 Å². The zero-order valence-electron chi connectivity index (χ0n) is 12.5. The average Bonchev–Trinajstić information content (AvgIpc) is 3.06. The largest absolute Gasteiger partial charge is 0.423 e. The number of aromatic nitrogens is 4. The van der Waals surface area contributed by atoms with Gasteiger partial charge in [0.15, 0.2) is 0 Å². The molecule has 0 aliphatic carbocycles. The minimum atomic E-state index is -0.129. The van der Waals surface area contributed by atoms with Gasteiger partial charge in [0.05, 0.1) is 10.7 Å². The van der Waals surface area contributed by atoms with Gasteiger partial charge < -0.3 is 9.73 Å². The minimum absolute atomic E-state index is 0.129. The van der Waals surface area contributed by atoms with Crippen molar-refractivity contribution in [1.82, 2.24) is 20.0 Å². The summed E-state index contributed by atoms with van der Waals surface area (Å²) < 4.78 is 7.22. The molecule has 1 N–H and O–H groups in total. The second kappa shape index (κ2) is 5.81. The number of hydrogen-bond donors (Lipinski definition) is 1. The van der Waals surface area contributed by atoms with Gasteiger partial charge in [0, 0.05) is 18.7 Å². The molecule has 0 saturated heterocycles. The number of para-hydroxylation sites is 1. The highest BCUT2D eigenvalue weighted by atomic mass is 35.5. The highest BCUT2D eigenvalue weighted by Crippen LogP contribution is 2.24. The first-order valence-electron chi connectivity index (χ1n) is 6.92. The molecule has 1 atom stereocenters. The number of rotatable bonds is 4. The van der Waals surface area contributed by atoms with Gasteiger partial charge in [-0.1, -0.05) is 23.7 Å². The summed E-state index contributed by atoms with van der Waals surface area (Å²) in [7, 11) is 0. The third kappa shape index (κ3) is 2.82. The maximum absolute atomic E-state index is 6.23. The number of benzene rings is 1. The minimum Gasteiger partial charge on any atom is -0.423 e. The topological polar surface area (TPSA) is 68.8 Å². The SMILES string of the molecule is Cc1nnc([C@H](C)Nc2cc(C)n(-c3ccccc3Cl)n2)o1. The Balaban J connectivity index is 1.85. The molecular formula is C15H16ClN5O. The third-order valence-corrected chi connectivity index (χ3v) is 3.56. The van der Waals surface area contributed by atoms with Gasteiger partial charge in [-0.15, -0.1) is 10.2 Å². The van der Waals surface area contributed by atoms with Crippen LogP contribution in [0.4, 0.5) is 5.82 Å². The van der Waals surface area contributed by atoms with Crippen molar-refractivity contribution in [2.75, 3.05) is 5.32 Å². The third-order valence-electron chi connectivity index (χ3n) is 3.24. The number of halogens is 1. The van der Waals surface area contributed by atoms with Crippen LogP contribution < -0.4 is 5.32 Å². The Kier molecular flexibility index (Phi) is 3.85. The average molecular weight is 318 g/mol. The first-order chi connectivity index (χ1) is 10.5. The van der Waals surface area contributed by atoms with Crippen LogP contribution >= 0.6 is 11.6 Å². The van der Waals surface area contributed by atoms with E-state index < -0.39 is 0 Å². The number of nitrogens with one attached hydrogen (secondary N) is 1. The molecule has 22 heavy (non-hydrogen) atoms. The van der Waals surface area contributed by atoms with Gasteiger partial charge in [-0.3, -0.25) is 0 Å². The van der Waals surface area contributed by atoms with Gasteiger partial charge in [-0.05, 0) is 26.0 Å². The summed E-state index contributed by atoms with van der Waals surface area (Å²) in [6, 6.07) is 9.41. The Bertz CT molecular complexity index is 795. The van der Waals surface area contributed by atoms with Gasteiger partial charge in [-0.25, -0.2) is 4.68 Å². The highest BCUT2D eigenvalue weighted by Gasteiger charge is 2.15. The second-order valence-corrected chi connectivity index (χ2v) is 5.47. The predicted molar refractivity (Wildman–Crippen MR) is 84.4 cm³/mol. The van der Waals surface area contributed by atoms with Crippen LogP contribution in [0.5, 0.6) is 0 Å². The fraction of sp³-hybridized carbons (Fsp3) is 0.267. The quantitative estimate of drug-likeness (QED) is 0.794. The number of aryl methyl sites for hydroxylation is 2. The summed E-state index contributed by atoms with van der Waals surface area (Å²) in [6.45, 7) is 5.68. The Morgan fingerprint density at radius 1 is 1.23 bits per heavy atom. The lowest BCUT2D eigenvalue weighted by Crippen LogP contribution is -2.08. The molecular weight excluding hydrogens is 302 g/mol. The summed E-state index contributed by atoms with van der Waals surface area (Å²) in [5.41, 5.74) is 1.82. The summed E-state index contributed by atoms with van der Waals surface area (Å²) >= 11 is 6.23. The van der Waals surface area contributed by atoms with E-state index in [-0.39, 0.29) is 6.04 Å². The van der Waals surface area contributed by atoms with Crippen molar-refractivity contribution < 1.29 is 4.42 Å². The van der Waals surface area contributed by atoms with E-state index in [0.717, 1.165) is 17.2 Å². The van der Waals surface area contributed by atoms with E-state index in [1.54, 1.807) is 11.6 Å². The number of hydrogen-bond acceptors (Lipinski definition) is 5. The standard InChI is InChI=1S/C15H16ClN5O/c1-9-8-14(17-10(2)15-19-18-11(3)22-15)20-21(9)13-7-5-4-6-12(13)16/h4-8,10H,1-3H3,(H,17,20)/t10-/m0/s1. The van der Waals surface area contributed by atoms with E-state index >= 15 is 0 Å². The Hall–Kier alpha value is -2.34. The Labute approximate surface area is 133 Å². The lowest BCUT2D eigenvalue weighted by molar-refractivity contribution is 0.450. The van der Waals surface area contributed by atoms with E-state index in [9.17, 15) is 0 Å². The normalized spacial score (nSPS) is 12.4. The highest BCUT2D eigenvalue weighted by molar-refractivity contribution is 6.32. The summed E-state index contributed by atoms with van der Waals surface area (Å²) in [6.07, 6.45) is 0. The maximum Gasteiger partial charge on any atom is 0.238 e. The van der Waals surface area contributed by atoms with Crippen LogP contribution in [0.15, 0.2) is 34.7 Å². The molecule has 0 aliphatic heterocycles. The predicted octanol–water partition coefficient (Wildman–Crippen LogP) is 3.70. The van der Waals surface area contributed by atoms with Crippen molar-refractivity contribution in [3.8, 4) is 5.69 Å². The van der Waals surface area contributed by atoms with E-state index in [0.29, 0.717) is 16.8 Å². The fourth-order valence-corrected chi connectivity index (χ4v) is 2.40. The Morgan fingerprint density at radius 3 is 2.68 bits per heavy atom. The Morgan fingerprint density at radius 2 is 2.00 bits per heavy atom. The second-order valence-electron chi connectivity index (χ2n) is 5.06. The molecule has 0 radical (unpaired) electrons. The van der Waals surface area contributed by atoms with E-state index in [4.69, 9.17) is 16.0 Å². The van der Waals surface area contributed by atoms with Crippen LogP contribution in [0.2, 0.25) is 5.02 Å². The van der Waals surface area contributed by atoms with Crippen molar-refractivity contribution in [3.05, 3.63) is 52.8 Å². The molecule has 0 unspecified atom stereocenters. The van der Waals surface area contributed by atoms with Crippen molar-refractivity contribution in [3.63, 3.8) is 0 Å². The molecule has 0 saturated carbocycles. The smallest absolute Gasteiger partial charge is 0.238 e.